The minimum Gasteiger partial charge on any atom is -0.298 e. The van der Waals surface area contributed by atoms with Gasteiger partial charge in [-0.25, -0.2) is 0 Å². The van der Waals surface area contributed by atoms with Crippen LogP contribution in [0.3, 0.4) is 0 Å². The van der Waals surface area contributed by atoms with Crippen LogP contribution in [0.25, 0.3) is 6.08 Å². The molecule has 18 heavy (non-hydrogen) atoms. The van der Waals surface area contributed by atoms with Crippen LogP contribution in [0, 0.1) is 0 Å². The van der Waals surface area contributed by atoms with Gasteiger partial charge in [-0.3, -0.25) is 4.90 Å². The van der Waals surface area contributed by atoms with Crippen molar-refractivity contribution in [1.29, 1.82) is 0 Å². The quantitative estimate of drug-likeness (QED) is 0.760. The third kappa shape index (κ3) is 3.31. The first kappa shape index (κ1) is 12.6. The summed E-state index contributed by atoms with van der Waals surface area (Å²) in [6, 6.07) is 19.0. The Labute approximate surface area is 109 Å². The number of hydrogen-bond acceptors (Lipinski definition) is 1. The zero-order chi connectivity index (χ0) is 12.8. The lowest BCUT2D eigenvalue weighted by molar-refractivity contribution is 0.319. The first-order chi connectivity index (χ1) is 8.79. The summed E-state index contributed by atoms with van der Waals surface area (Å²) in [5.41, 5.74) is 3.89. The van der Waals surface area contributed by atoms with Crippen LogP contribution in [0.15, 0.2) is 61.2 Å². The van der Waals surface area contributed by atoms with Crippen molar-refractivity contribution < 1.29 is 0 Å². The summed E-state index contributed by atoms with van der Waals surface area (Å²) in [7, 11) is 2.15. The average molecular weight is 237 g/mol. The summed E-state index contributed by atoms with van der Waals surface area (Å²) < 4.78 is 0. The summed E-state index contributed by atoms with van der Waals surface area (Å²) >= 11 is 0. The van der Waals surface area contributed by atoms with E-state index in [0.29, 0.717) is 0 Å². The van der Waals surface area contributed by atoms with Gasteiger partial charge in [0.1, 0.15) is 0 Å². The summed E-state index contributed by atoms with van der Waals surface area (Å²) in [4.78, 5) is 2.32. The lowest BCUT2D eigenvalue weighted by Gasteiger charge is -2.18. The highest BCUT2D eigenvalue weighted by Gasteiger charge is 2.03. The molecule has 0 aromatic heterocycles. The molecule has 0 amide bonds. The Morgan fingerprint density at radius 1 is 0.944 bits per heavy atom. The molecule has 0 bridgehead atoms. The molecule has 1 nitrogen and oxygen atoms in total. The van der Waals surface area contributed by atoms with Gasteiger partial charge in [-0.1, -0.05) is 67.3 Å². The molecule has 0 atom stereocenters. The normalized spacial score (nSPS) is 10.6. The molecule has 0 saturated heterocycles. The standard InChI is InChI=1S/C17H19N/c1-3-16-11-7-8-12-17(16)14-18(2)13-15-9-5-4-6-10-15/h3-12H,1,13-14H2,2H3. The number of hydrogen-bond donors (Lipinski definition) is 0. The molecule has 1 heteroatoms. The van der Waals surface area contributed by atoms with Crippen molar-refractivity contribution in [3.63, 3.8) is 0 Å². The van der Waals surface area contributed by atoms with Crippen LogP contribution >= 0.6 is 0 Å². The van der Waals surface area contributed by atoms with Gasteiger partial charge < -0.3 is 0 Å². The van der Waals surface area contributed by atoms with E-state index in [1.54, 1.807) is 0 Å². The molecule has 92 valence electrons. The lowest BCUT2D eigenvalue weighted by Crippen LogP contribution is -2.17. The van der Waals surface area contributed by atoms with E-state index >= 15 is 0 Å². The van der Waals surface area contributed by atoms with Crippen LogP contribution in [-0.2, 0) is 13.1 Å². The second kappa shape index (κ2) is 6.18. The predicted octanol–water partition coefficient (Wildman–Crippen LogP) is 3.96. The molecule has 0 N–H and O–H groups in total. The fourth-order valence-electron chi connectivity index (χ4n) is 2.12. The molecule has 0 saturated carbocycles. The third-order valence-corrected chi connectivity index (χ3v) is 3.01. The van der Waals surface area contributed by atoms with Gasteiger partial charge in [0.2, 0.25) is 0 Å². The molecule has 0 heterocycles. The molecule has 0 aliphatic carbocycles. The van der Waals surface area contributed by atoms with Crippen LogP contribution in [0.2, 0.25) is 0 Å². The summed E-state index contributed by atoms with van der Waals surface area (Å²) in [5.74, 6) is 0. The zero-order valence-electron chi connectivity index (χ0n) is 10.8. The predicted molar refractivity (Wildman–Crippen MR) is 78.1 cm³/mol. The van der Waals surface area contributed by atoms with E-state index < -0.39 is 0 Å². The van der Waals surface area contributed by atoms with Crippen LogP contribution in [0.1, 0.15) is 16.7 Å². The van der Waals surface area contributed by atoms with Gasteiger partial charge in [-0.05, 0) is 23.7 Å². The van der Waals surface area contributed by atoms with E-state index in [1.165, 1.54) is 16.7 Å². The topological polar surface area (TPSA) is 3.24 Å². The Hall–Kier alpha value is -1.86. The van der Waals surface area contributed by atoms with Crippen LogP contribution in [0.5, 0.6) is 0 Å². The van der Waals surface area contributed by atoms with Crippen molar-refractivity contribution >= 4 is 6.08 Å². The maximum absolute atomic E-state index is 3.86. The molecular formula is C17H19N. The Morgan fingerprint density at radius 3 is 2.33 bits per heavy atom. The van der Waals surface area contributed by atoms with Crippen molar-refractivity contribution in [3.05, 3.63) is 77.9 Å². The molecule has 0 spiro atoms. The first-order valence-corrected chi connectivity index (χ1v) is 6.22. The van der Waals surface area contributed by atoms with Crippen molar-refractivity contribution in [3.8, 4) is 0 Å². The number of nitrogens with zero attached hydrogens (tertiary/aromatic N) is 1. The molecule has 0 aliphatic rings. The Morgan fingerprint density at radius 2 is 1.61 bits per heavy atom. The molecule has 0 unspecified atom stereocenters. The van der Waals surface area contributed by atoms with Gasteiger partial charge in [0.05, 0.1) is 0 Å². The van der Waals surface area contributed by atoms with Crippen molar-refractivity contribution in [2.75, 3.05) is 7.05 Å². The van der Waals surface area contributed by atoms with E-state index in [9.17, 15) is 0 Å². The second-order valence-corrected chi connectivity index (χ2v) is 4.56. The van der Waals surface area contributed by atoms with E-state index in [2.05, 4.69) is 73.1 Å². The Bertz CT molecular complexity index is 502. The number of rotatable bonds is 5. The monoisotopic (exact) mass is 237 g/mol. The largest absolute Gasteiger partial charge is 0.298 e. The smallest absolute Gasteiger partial charge is 0.0240 e. The minimum absolute atomic E-state index is 0.942. The van der Waals surface area contributed by atoms with Crippen molar-refractivity contribution in [2.24, 2.45) is 0 Å². The van der Waals surface area contributed by atoms with Crippen LogP contribution in [0.4, 0.5) is 0 Å². The highest BCUT2D eigenvalue weighted by Crippen LogP contribution is 2.13. The zero-order valence-corrected chi connectivity index (χ0v) is 10.8. The molecule has 0 aliphatic heterocycles. The molecule has 2 rings (SSSR count). The highest BCUT2D eigenvalue weighted by atomic mass is 15.1. The SMILES string of the molecule is C=Cc1ccccc1CN(C)Cc1ccccc1. The maximum Gasteiger partial charge on any atom is 0.0240 e. The fraction of sp³-hybridized carbons (Fsp3) is 0.176. The Balaban J connectivity index is 2.03. The van der Waals surface area contributed by atoms with E-state index in [1.807, 2.05) is 6.08 Å². The fourth-order valence-corrected chi connectivity index (χ4v) is 2.12. The molecule has 2 aromatic carbocycles. The number of benzene rings is 2. The van der Waals surface area contributed by atoms with Gasteiger partial charge >= 0.3 is 0 Å². The van der Waals surface area contributed by atoms with Crippen LogP contribution < -0.4 is 0 Å². The lowest BCUT2D eigenvalue weighted by atomic mass is 10.1. The van der Waals surface area contributed by atoms with E-state index in [4.69, 9.17) is 0 Å². The van der Waals surface area contributed by atoms with Gasteiger partial charge in [0.15, 0.2) is 0 Å². The summed E-state index contributed by atoms with van der Waals surface area (Å²) in [6.07, 6.45) is 1.92. The molecular weight excluding hydrogens is 218 g/mol. The van der Waals surface area contributed by atoms with E-state index in [0.717, 1.165) is 13.1 Å². The van der Waals surface area contributed by atoms with Gasteiger partial charge in [-0.2, -0.15) is 0 Å². The van der Waals surface area contributed by atoms with E-state index in [-0.39, 0.29) is 0 Å². The summed E-state index contributed by atoms with van der Waals surface area (Å²) in [6.45, 7) is 5.77. The molecule has 2 aromatic rings. The van der Waals surface area contributed by atoms with Crippen molar-refractivity contribution in [1.82, 2.24) is 4.90 Å². The molecule has 0 fully saturated rings. The van der Waals surface area contributed by atoms with Gasteiger partial charge in [-0.15, -0.1) is 0 Å². The van der Waals surface area contributed by atoms with Gasteiger partial charge in [0.25, 0.3) is 0 Å². The highest BCUT2D eigenvalue weighted by molar-refractivity contribution is 5.51. The van der Waals surface area contributed by atoms with Crippen molar-refractivity contribution in [2.45, 2.75) is 13.1 Å². The first-order valence-electron chi connectivity index (χ1n) is 6.22. The average Bonchev–Trinajstić information content (AvgIpc) is 2.40. The Kier molecular flexibility index (Phi) is 4.32. The minimum atomic E-state index is 0.942. The molecule has 0 radical (unpaired) electrons. The summed E-state index contributed by atoms with van der Waals surface area (Å²) in [5, 5.41) is 0. The van der Waals surface area contributed by atoms with Gasteiger partial charge in [0, 0.05) is 13.1 Å². The maximum atomic E-state index is 3.86. The van der Waals surface area contributed by atoms with Crippen LogP contribution in [-0.4, -0.2) is 11.9 Å². The third-order valence-electron chi connectivity index (χ3n) is 3.01. The second-order valence-electron chi connectivity index (χ2n) is 4.56.